The van der Waals surface area contributed by atoms with Crippen molar-refractivity contribution in [1.82, 2.24) is 0 Å². The zero-order valence-corrected chi connectivity index (χ0v) is 17.2. The molecule has 3 rings (SSSR count). The first-order valence-electron chi connectivity index (χ1n) is 9.70. The van der Waals surface area contributed by atoms with Crippen molar-refractivity contribution in [3.05, 3.63) is 76.5 Å². The topological polar surface area (TPSA) is 55.8 Å². The maximum Gasteiger partial charge on any atom is 0.340 e. The lowest BCUT2D eigenvalue weighted by molar-refractivity contribution is -0.138. The van der Waals surface area contributed by atoms with Crippen LogP contribution in [-0.2, 0) is 14.3 Å². The normalized spacial score (nSPS) is 15.2. The Hall–Kier alpha value is -3.34. The van der Waals surface area contributed by atoms with E-state index in [2.05, 4.69) is 0 Å². The molecule has 0 N–H and O–H groups in total. The van der Waals surface area contributed by atoms with Crippen molar-refractivity contribution in [3.63, 3.8) is 0 Å². The molecule has 0 atom stereocenters. The maximum absolute atomic E-state index is 13.3. The summed E-state index contributed by atoms with van der Waals surface area (Å²) in [7, 11) is 0. The fraction of sp³-hybridized carbons (Fsp3) is 0.250. The van der Waals surface area contributed by atoms with Crippen molar-refractivity contribution in [1.29, 1.82) is 0 Å². The van der Waals surface area contributed by atoms with Gasteiger partial charge in [-0.25, -0.2) is 4.79 Å². The second kappa shape index (κ2) is 8.78. The zero-order chi connectivity index (χ0) is 21.0. The Kier molecular flexibility index (Phi) is 6.17. The summed E-state index contributed by atoms with van der Waals surface area (Å²) >= 11 is 0. The number of hydrogen-bond donors (Lipinski definition) is 0. The highest BCUT2D eigenvalue weighted by atomic mass is 16.5. The van der Waals surface area contributed by atoms with E-state index < -0.39 is 5.97 Å². The van der Waals surface area contributed by atoms with Gasteiger partial charge in [-0.3, -0.25) is 9.69 Å². The number of anilines is 1. The molecule has 0 saturated heterocycles. The predicted octanol–water partition coefficient (Wildman–Crippen LogP) is 4.66. The first-order valence-corrected chi connectivity index (χ1v) is 9.70. The summed E-state index contributed by atoms with van der Waals surface area (Å²) in [4.78, 5) is 27.5. The van der Waals surface area contributed by atoms with Gasteiger partial charge < -0.3 is 9.47 Å². The van der Waals surface area contributed by atoms with E-state index in [4.69, 9.17) is 9.47 Å². The molecule has 5 heteroatoms. The van der Waals surface area contributed by atoms with Gasteiger partial charge in [0.15, 0.2) is 0 Å². The summed E-state index contributed by atoms with van der Waals surface area (Å²) in [5, 5.41) is 0. The Bertz CT molecular complexity index is 986. The van der Waals surface area contributed by atoms with E-state index in [0.29, 0.717) is 29.1 Å². The number of ether oxygens (including phenoxy) is 2. The van der Waals surface area contributed by atoms with Gasteiger partial charge in [0.1, 0.15) is 5.75 Å². The third-order valence-corrected chi connectivity index (χ3v) is 4.64. The first-order chi connectivity index (χ1) is 14.0. The van der Waals surface area contributed by atoms with E-state index in [9.17, 15) is 9.59 Å². The smallest absolute Gasteiger partial charge is 0.340 e. The number of carbonyl (C=O) groups excluding carboxylic acids is 2. The Morgan fingerprint density at radius 2 is 1.76 bits per heavy atom. The van der Waals surface area contributed by atoms with Crippen LogP contribution in [0.1, 0.15) is 31.9 Å². The summed E-state index contributed by atoms with van der Waals surface area (Å²) in [6.45, 7) is 8.22. The second-order valence-corrected chi connectivity index (χ2v) is 6.72. The van der Waals surface area contributed by atoms with Crippen LogP contribution in [0.3, 0.4) is 0 Å². The van der Waals surface area contributed by atoms with Gasteiger partial charge in [-0.1, -0.05) is 29.8 Å². The number of amides is 1. The molecule has 0 aliphatic carbocycles. The Morgan fingerprint density at radius 3 is 2.38 bits per heavy atom. The standard InChI is InChI=1S/C24H25NO4/c1-5-28-20-12-10-19(11-13-20)25-17(4)22(24(27)29-6-2)21(23(25)26)15-18-9-7-8-16(3)14-18/h7-15H,5-6H2,1-4H3/b21-15-. The van der Waals surface area contributed by atoms with E-state index in [-0.39, 0.29) is 12.5 Å². The monoisotopic (exact) mass is 391 g/mol. The average molecular weight is 391 g/mol. The van der Waals surface area contributed by atoms with Gasteiger partial charge in [0, 0.05) is 11.4 Å². The molecule has 0 saturated carbocycles. The van der Waals surface area contributed by atoms with Crippen molar-refractivity contribution < 1.29 is 19.1 Å². The molecule has 1 aliphatic rings. The van der Waals surface area contributed by atoms with Gasteiger partial charge >= 0.3 is 5.97 Å². The molecule has 0 radical (unpaired) electrons. The minimum Gasteiger partial charge on any atom is -0.494 e. The van der Waals surface area contributed by atoms with E-state index in [0.717, 1.165) is 16.9 Å². The lowest BCUT2D eigenvalue weighted by Crippen LogP contribution is -2.24. The second-order valence-electron chi connectivity index (χ2n) is 6.72. The molecule has 0 bridgehead atoms. The van der Waals surface area contributed by atoms with Crippen LogP contribution in [0.5, 0.6) is 5.75 Å². The highest BCUT2D eigenvalue weighted by molar-refractivity contribution is 6.23. The summed E-state index contributed by atoms with van der Waals surface area (Å²) in [5.74, 6) is -0.0208. The van der Waals surface area contributed by atoms with E-state index in [1.54, 1.807) is 24.8 Å². The van der Waals surface area contributed by atoms with Gasteiger partial charge in [0.25, 0.3) is 5.91 Å². The van der Waals surface area contributed by atoms with Crippen LogP contribution in [-0.4, -0.2) is 25.1 Å². The van der Waals surface area contributed by atoms with Crippen LogP contribution in [0.25, 0.3) is 6.08 Å². The SMILES string of the molecule is CCOC(=O)C1=C(C)N(c2ccc(OCC)cc2)C(=O)/C1=C\c1cccc(C)c1. The molecule has 0 unspecified atom stereocenters. The lowest BCUT2D eigenvalue weighted by atomic mass is 10.0. The van der Waals surface area contributed by atoms with Crippen LogP contribution in [0.15, 0.2) is 65.4 Å². The molecule has 1 amide bonds. The van der Waals surface area contributed by atoms with Gasteiger partial charge in [-0.05, 0) is 63.6 Å². The van der Waals surface area contributed by atoms with Crippen LogP contribution < -0.4 is 9.64 Å². The summed E-state index contributed by atoms with van der Waals surface area (Å²) in [6, 6.07) is 15.0. The van der Waals surface area contributed by atoms with Gasteiger partial charge in [-0.15, -0.1) is 0 Å². The van der Waals surface area contributed by atoms with Crippen LogP contribution in [0.4, 0.5) is 5.69 Å². The molecule has 1 aliphatic heterocycles. The van der Waals surface area contributed by atoms with Crippen molar-refractivity contribution in [2.75, 3.05) is 18.1 Å². The first kappa shape index (κ1) is 20.4. The van der Waals surface area contributed by atoms with Gasteiger partial charge in [0.2, 0.25) is 0 Å². The van der Waals surface area contributed by atoms with E-state index in [1.165, 1.54) is 0 Å². The molecule has 0 fully saturated rings. The number of carbonyl (C=O) groups is 2. The maximum atomic E-state index is 13.3. The van der Waals surface area contributed by atoms with Gasteiger partial charge in [0.05, 0.1) is 24.4 Å². The molecule has 5 nitrogen and oxygen atoms in total. The minimum absolute atomic E-state index is 0.241. The predicted molar refractivity (Wildman–Crippen MR) is 114 cm³/mol. The van der Waals surface area contributed by atoms with E-state index >= 15 is 0 Å². The van der Waals surface area contributed by atoms with Crippen LogP contribution in [0, 0.1) is 6.92 Å². The molecule has 0 aromatic heterocycles. The number of nitrogens with zero attached hydrogens (tertiary/aromatic N) is 1. The fourth-order valence-corrected chi connectivity index (χ4v) is 3.38. The zero-order valence-electron chi connectivity index (χ0n) is 17.2. The molecule has 29 heavy (non-hydrogen) atoms. The Morgan fingerprint density at radius 1 is 1.03 bits per heavy atom. The molecule has 0 spiro atoms. The quantitative estimate of drug-likeness (QED) is 0.531. The van der Waals surface area contributed by atoms with Crippen LogP contribution >= 0.6 is 0 Å². The van der Waals surface area contributed by atoms with Crippen molar-refractivity contribution in [3.8, 4) is 5.75 Å². The number of allylic oxidation sites excluding steroid dienone is 1. The number of rotatable bonds is 6. The average Bonchev–Trinajstić information content (AvgIpc) is 2.93. The highest BCUT2D eigenvalue weighted by Crippen LogP contribution is 2.36. The third kappa shape index (κ3) is 4.24. The third-order valence-electron chi connectivity index (χ3n) is 4.64. The Labute approximate surface area is 171 Å². The lowest BCUT2D eigenvalue weighted by Gasteiger charge is -2.18. The number of aryl methyl sites for hydroxylation is 1. The summed E-state index contributed by atoms with van der Waals surface area (Å²) < 4.78 is 10.7. The molecule has 2 aromatic rings. The Balaban J connectivity index is 2.07. The molecular formula is C24H25NO4. The number of benzene rings is 2. The highest BCUT2D eigenvalue weighted by Gasteiger charge is 2.38. The fourth-order valence-electron chi connectivity index (χ4n) is 3.38. The molecule has 150 valence electrons. The van der Waals surface area contributed by atoms with Crippen molar-refractivity contribution in [2.24, 2.45) is 0 Å². The van der Waals surface area contributed by atoms with Crippen molar-refractivity contribution >= 4 is 23.6 Å². The summed E-state index contributed by atoms with van der Waals surface area (Å²) in [5.41, 5.74) is 3.79. The van der Waals surface area contributed by atoms with Gasteiger partial charge in [-0.2, -0.15) is 0 Å². The number of hydrogen-bond acceptors (Lipinski definition) is 4. The summed E-state index contributed by atoms with van der Waals surface area (Å²) in [6.07, 6.45) is 1.75. The van der Waals surface area contributed by atoms with Crippen LogP contribution in [0.2, 0.25) is 0 Å². The number of esters is 1. The largest absolute Gasteiger partial charge is 0.494 e. The molecular weight excluding hydrogens is 366 g/mol. The van der Waals surface area contributed by atoms with E-state index in [1.807, 2.05) is 62.4 Å². The molecule has 1 heterocycles. The van der Waals surface area contributed by atoms with Crippen molar-refractivity contribution in [2.45, 2.75) is 27.7 Å². The minimum atomic E-state index is -0.495. The molecule has 2 aromatic carbocycles.